The summed E-state index contributed by atoms with van der Waals surface area (Å²) >= 11 is 0. The molecule has 5 rings (SSSR count). The van der Waals surface area contributed by atoms with Gasteiger partial charge >= 0.3 is 0 Å². The summed E-state index contributed by atoms with van der Waals surface area (Å²) in [5, 5.41) is 4.60. The van der Waals surface area contributed by atoms with E-state index in [1.165, 1.54) is 58.2 Å². The third kappa shape index (κ3) is 5.33. The minimum atomic E-state index is 0.719. The first-order valence-corrected chi connectivity index (χ1v) is 12.5. The number of piperidine rings is 1. The van der Waals surface area contributed by atoms with Crippen molar-refractivity contribution in [2.75, 3.05) is 63.5 Å². The highest BCUT2D eigenvalue weighted by Gasteiger charge is 2.29. The molecule has 2 saturated heterocycles. The number of anilines is 2. The van der Waals surface area contributed by atoms with E-state index in [9.17, 15) is 0 Å². The molecular weight excluding hydrogens is 400 g/mol. The molecule has 2 aliphatic heterocycles. The molecule has 0 unspecified atom stereocenters. The number of ether oxygens (including phenoxy) is 1. The van der Waals surface area contributed by atoms with Crippen LogP contribution in [-0.4, -0.2) is 78.3 Å². The lowest BCUT2D eigenvalue weighted by molar-refractivity contribution is 0.0203. The van der Waals surface area contributed by atoms with E-state index >= 15 is 0 Å². The van der Waals surface area contributed by atoms with E-state index < -0.39 is 0 Å². The van der Waals surface area contributed by atoms with E-state index in [4.69, 9.17) is 10.5 Å². The molecule has 1 aliphatic carbocycles. The van der Waals surface area contributed by atoms with Gasteiger partial charge in [0.25, 0.3) is 0 Å². The number of nitrogens with one attached hydrogen (secondary N) is 1. The van der Waals surface area contributed by atoms with Gasteiger partial charge in [0.05, 0.1) is 18.7 Å². The average Bonchev–Trinajstić information content (AvgIpc) is 2.84. The predicted molar refractivity (Wildman–Crippen MR) is 130 cm³/mol. The highest BCUT2D eigenvalue weighted by molar-refractivity contribution is 5.91. The first-order chi connectivity index (χ1) is 15.7. The van der Waals surface area contributed by atoms with Gasteiger partial charge in [0.15, 0.2) is 0 Å². The molecule has 3 aliphatic rings. The Hall–Kier alpha value is -1.96. The molecule has 0 atom stereocenters. The van der Waals surface area contributed by atoms with Crippen molar-refractivity contribution in [2.24, 2.45) is 11.8 Å². The standard InChI is InChI=1S/C25H38N6O/c26-21-3-6-24-23(15-21)25(29-18-28-24)27-16-19-1-4-22(5-2-19)31-9-7-20(8-10-31)17-30-11-13-32-14-12-30/h3,6,15,18-20,22H,1-2,4-5,7-14,16-17,26H2,(H,27,28,29)/t19-,22-. The summed E-state index contributed by atoms with van der Waals surface area (Å²) in [7, 11) is 0. The Kier molecular flexibility index (Phi) is 7.05. The van der Waals surface area contributed by atoms with E-state index in [1.807, 2.05) is 18.2 Å². The van der Waals surface area contributed by atoms with Crippen LogP contribution in [0.4, 0.5) is 11.5 Å². The van der Waals surface area contributed by atoms with E-state index in [-0.39, 0.29) is 0 Å². The first-order valence-electron chi connectivity index (χ1n) is 12.5. The number of benzene rings is 1. The molecule has 32 heavy (non-hydrogen) atoms. The molecule has 174 valence electrons. The van der Waals surface area contributed by atoms with Crippen molar-refractivity contribution in [1.82, 2.24) is 19.8 Å². The Morgan fingerprint density at radius 2 is 1.72 bits per heavy atom. The van der Waals surface area contributed by atoms with Gasteiger partial charge in [-0.3, -0.25) is 4.90 Å². The molecule has 0 spiro atoms. The largest absolute Gasteiger partial charge is 0.399 e. The van der Waals surface area contributed by atoms with Crippen LogP contribution < -0.4 is 11.1 Å². The maximum absolute atomic E-state index is 5.98. The van der Waals surface area contributed by atoms with E-state index in [0.717, 1.165) is 73.1 Å². The molecule has 3 heterocycles. The van der Waals surface area contributed by atoms with Gasteiger partial charge in [-0.2, -0.15) is 0 Å². The van der Waals surface area contributed by atoms with Gasteiger partial charge in [0.2, 0.25) is 0 Å². The van der Waals surface area contributed by atoms with Gasteiger partial charge in [-0.1, -0.05) is 0 Å². The van der Waals surface area contributed by atoms with Gasteiger partial charge in [0, 0.05) is 43.3 Å². The second-order valence-corrected chi connectivity index (χ2v) is 9.95. The lowest BCUT2D eigenvalue weighted by atomic mass is 9.84. The molecule has 1 saturated carbocycles. The topological polar surface area (TPSA) is 79.5 Å². The van der Waals surface area contributed by atoms with Crippen molar-refractivity contribution in [3.63, 3.8) is 0 Å². The van der Waals surface area contributed by atoms with E-state index in [1.54, 1.807) is 6.33 Å². The Bertz CT molecular complexity index is 870. The normalized spacial score (nSPS) is 26.4. The Morgan fingerprint density at radius 1 is 0.938 bits per heavy atom. The number of morpholine rings is 1. The summed E-state index contributed by atoms with van der Waals surface area (Å²) in [5.74, 6) is 2.50. The molecule has 3 N–H and O–H groups in total. The predicted octanol–water partition coefficient (Wildman–Crippen LogP) is 3.23. The molecule has 7 heteroatoms. The number of hydrogen-bond donors (Lipinski definition) is 2. The SMILES string of the molecule is Nc1ccc2ncnc(NC[C@H]3CC[C@H](N4CCC(CN5CCOCC5)CC4)CC3)c2c1. The molecular formula is C25H38N6O. The van der Waals surface area contributed by atoms with E-state index in [2.05, 4.69) is 25.1 Å². The number of nitrogens with zero attached hydrogens (tertiary/aromatic N) is 4. The highest BCUT2D eigenvalue weighted by Crippen LogP contribution is 2.31. The second-order valence-electron chi connectivity index (χ2n) is 9.95. The maximum Gasteiger partial charge on any atom is 0.137 e. The van der Waals surface area contributed by atoms with Gasteiger partial charge in [-0.05, 0) is 81.6 Å². The number of aromatic nitrogens is 2. The van der Waals surface area contributed by atoms with Crippen LogP contribution in [0.2, 0.25) is 0 Å². The van der Waals surface area contributed by atoms with Crippen molar-refractivity contribution in [3.05, 3.63) is 24.5 Å². The second kappa shape index (κ2) is 10.3. The molecule has 2 aromatic rings. The van der Waals surface area contributed by atoms with Crippen molar-refractivity contribution >= 4 is 22.4 Å². The van der Waals surface area contributed by atoms with Crippen molar-refractivity contribution in [2.45, 2.75) is 44.6 Å². The van der Waals surface area contributed by atoms with Crippen LogP contribution in [0, 0.1) is 11.8 Å². The molecule has 0 radical (unpaired) electrons. The minimum Gasteiger partial charge on any atom is -0.399 e. The summed E-state index contributed by atoms with van der Waals surface area (Å²) in [6.45, 7) is 8.91. The van der Waals surface area contributed by atoms with Gasteiger partial charge in [-0.25, -0.2) is 9.97 Å². The highest BCUT2D eigenvalue weighted by atomic mass is 16.5. The fourth-order valence-corrected chi connectivity index (χ4v) is 5.82. The summed E-state index contributed by atoms with van der Waals surface area (Å²) in [4.78, 5) is 14.2. The molecule has 7 nitrogen and oxygen atoms in total. The van der Waals surface area contributed by atoms with Crippen LogP contribution in [0.3, 0.4) is 0 Å². The number of hydrogen-bond acceptors (Lipinski definition) is 7. The number of nitrogen functional groups attached to an aromatic ring is 1. The quantitative estimate of drug-likeness (QED) is 0.670. The van der Waals surface area contributed by atoms with Gasteiger partial charge < -0.3 is 20.7 Å². The average molecular weight is 439 g/mol. The summed E-state index contributed by atoms with van der Waals surface area (Å²) in [6.07, 6.45) is 9.63. The monoisotopic (exact) mass is 438 g/mol. The lowest BCUT2D eigenvalue weighted by Crippen LogP contribution is -2.46. The zero-order chi connectivity index (χ0) is 21.8. The number of rotatable bonds is 6. The zero-order valence-corrected chi connectivity index (χ0v) is 19.2. The Labute approximate surface area is 191 Å². The molecule has 0 amide bonds. The summed E-state index contributed by atoms with van der Waals surface area (Å²) in [5.41, 5.74) is 7.67. The van der Waals surface area contributed by atoms with Gasteiger partial charge in [-0.15, -0.1) is 0 Å². The summed E-state index contributed by atoms with van der Waals surface area (Å²) in [6, 6.07) is 6.62. The Balaban J connectivity index is 1.05. The van der Waals surface area contributed by atoms with Crippen LogP contribution in [-0.2, 0) is 4.74 Å². The zero-order valence-electron chi connectivity index (χ0n) is 19.2. The maximum atomic E-state index is 5.98. The van der Waals surface area contributed by atoms with Crippen molar-refractivity contribution in [1.29, 1.82) is 0 Å². The summed E-state index contributed by atoms with van der Waals surface area (Å²) < 4.78 is 5.49. The number of nitrogens with two attached hydrogens (primary N) is 1. The molecule has 1 aromatic heterocycles. The third-order valence-electron chi connectivity index (χ3n) is 7.82. The van der Waals surface area contributed by atoms with Crippen molar-refractivity contribution < 1.29 is 4.74 Å². The number of likely N-dealkylation sites (tertiary alicyclic amines) is 1. The van der Waals surface area contributed by atoms with Crippen LogP contribution in [0.1, 0.15) is 38.5 Å². The minimum absolute atomic E-state index is 0.719. The number of fused-ring (bicyclic) bond motifs is 1. The third-order valence-corrected chi connectivity index (χ3v) is 7.82. The van der Waals surface area contributed by atoms with Crippen LogP contribution in [0.15, 0.2) is 24.5 Å². The lowest BCUT2D eigenvalue weighted by Gasteiger charge is -2.42. The fourth-order valence-electron chi connectivity index (χ4n) is 5.82. The van der Waals surface area contributed by atoms with Crippen LogP contribution >= 0.6 is 0 Å². The van der Waals surface area contributed by atoms with Gasteiger partial charge in [0.1, 0.15) is 12.1 Å². The van der Waals surface area contributed by atoms with Crippen LogP contribution in [0.5, 0.6) is 0 Å². The molecule has 1 aromatic carbocycles. The van der Waals surface area contributed by atoms with Crippen molar-refractivity contribution in [3.8, 4) is 0 Å². The Morgan fingerprint density at radius 3 is 2.50 bits per heavy atom. The fraction of sp³-hybridized carbons (Fsp3) is 0.680. The molecule has 3 fully saturated rings. The smallest absolute Gasteiger partial charge is 0.137 e. The first kappa shape index (κ1) is 21.9. The van der Waals surface area contributed by atoms with E-state index in [0.29, 0.717) is 0 Å². The van der Waals surface area contributed by atoms with Crippen LogP contribution in [0.25, 0.3) is 10.9 Å². The molecule has 0 bridgehead atoms.